The molecular weight excluding hydrogens is 365 g/mol. The minimum atomic E-state index is -0.992. The highest BCUT2D eigenvalue weighted by Crippen LogP contribution is 2.10. The number of carbonyl (C=O) groups is 3. The zero-order valence-corrected chi connectivity index (χ0v) is 15.8. The number of hydrogen-bond donors (Lipinski definition) is 3. The van der Waals surface area contributed by atoms with Crippen molar-refractivity contribution < 1.29 is 23.2 Å². The fraction of sp³-hybridized carbons (Fsp3) is 0.350. The van der Waals surface area contributed by atoms with Crippen LogP contribution in [0.15, 0.2) is 47.1 Å². The van der Waals surface area contributed by atoms with Crippen LogP contribution >= 0.6 is 0 Å². The molecule has 0 spiro atoms. The zero-order chi connectivity index (χ0) is 20.7. The summed E-state index contributed by atoms with van der Waals surface area (Å²) in [5.41, 5.74) is 6.06. The lowest BCUT2D eigenvalue weighted by molar-refractivity contribution is -0.128. The van der Waals surface area contributed by atoms with Crippen molar-refractivity contribution in [3.8, 4) is 0 Å². The van der Waals surface area contributed by atoms with Crippen LogP contribution in [0.2, 0.25) is 0 Å². The summed E-state index contributed by atoms with van der Waals surface area (Å²) >= 11 is 0. The maximum Gasteiger partial charge on any atom is 0.287 e. The second-order valence-corrected chi connectivity index (χ2v) is 6.93. The molecule has 0 radical (unpaired) electrons. The summed E-state index contributed by atoms with van der Waals surface area (Å²) in [6, 6.07) is 6.75. The standard InChI is InChI=1S/C20H24FN3O4/c1-12(2)10-16(24-20(27)17-4-3-9-28-17)19(26)23-15(18(22)25)11-13-5-7-14(21)8-6-13/h3-9,12,15-16H,10-11H2,1-2H3,(H2,22,25)(H,23,26)(H,24,27)/t15-,16-/m0/s1. The molecule has 2 rings (SSSR count). The average Bonchev–Trinajstić information content (AvgIpc) is 3.16. The number of halogens is 1. The summed E-state index contributed by atoms with van der Waals surface area (Å²) in [4.78, 5) is 36.7. The summed E-state index contributed by atoms with van der Waals surface area (Å²) in [5.74, 6) is -1.99. The van der Waals surface area contributed by atoms with Gasteiger partial charge in [0.25, 0.3) is 5.91 Å². The first kappa shape index (κ1) is 21.1. The van der Waals surface area contributed by atoms with Crippen LogP contribution in [-0.4, -0.2) is 29.8 Å². The smallest absolute Gasteiger partial charge is 0.287 e. The van der Waals surface area contributed by atoms with Gasteiger partial charge in [0.2, 0.25) is 11.8 Å². The minimum Gasteiger partial charge on any atom is -0.459 e. The number of carbonyl (C=O) groups excluding carboxylic acids is 3. The predicted octanol–water partition coefficient (Wildman–Crippen LogP) is 1.78. The van der Waals surface area contributed by atoms with E-state index in [1.54, 1.807) is 6.07 Å². The Bertz CT molecular complexity index is 803. The molecule has 0 fully saturated rings. The SMILES string of the molecule is CC(C)C[C@H](NC(=O)c1ccco1)C(=O)N[C@@H](Cc1ccc(F)cc1)C(N)=O. The summed E-state index contributed by atoms with van der Waals surface area (Å²) in [7, 11) is 0. The highest BCUT2D eigenvalue weighted by Gasteiger charge is 2.27. The van der Waals surface area contributed by atoms with Gasteiger partial charge in [0.05, 0.1) is 6.26 Å². The van der Waals surface area contributed by atoms with Crippen LogP contribution < -0.4 is 16.4 Å². The molecule has 0 unspecified atom stereocenters. The summed E-state index contributed by atoms with van der Waals surface area (Å²) in [6.07, 6.45) is 1.83. The van der Waals surface area contributed by atoms with E-state index < -0.39 is 35.6 Å². The Labute approximate surface area is 162 Å². The van der Waals surface area contributed by atoms with Gasteiger partial charge in [-0.15, -0.1) is 0 Å². The van der Waals surface area contributed by atoms with E-state index in [0.29, 0.717) is 12.0 Å². The van der Waals surface area contributed by atoms with E-state index in [0.717, 1.165) is 0 Å². The Kier molecular flexibility index (Phi) is 7.31. The van der Waals surface area contributed by atoms with Crippen LogP contribution in [0.3, 0.4) is 0 Å². The Balaban J connectivity index is 2.08. The van der Waals surface area contributed by atoms with Crippen molar-refractivity contribution in [2.45, 2.75) is 38.8 Å². The van der Waals surface area contributed by atoms with Crippen molar-refractivity contribution in [1.29, 1.82) is 0 Å². The van der Waals surface area contributed by atoms with E-state index >= 15 is 0 Å². The van der Waals surface area contributed by atoms with Crippen LogP contribution in [0.4, 0.5) is 4.39 Å². The quantitative estimate of drug-likeness (QED) is 0.606. The molecule has 0 aliphatic rings. The number of nitrogens with two attached hydrogens (primary N) is 1. The third-order valence-corrected chi connectivity index (χ3v) is 4.09. The predicted molar refractivity (Wildman–Crippen MR) is 101 cm³/mol. The number of rotatable bonds is 9. The fourth-order valence-corrected chi connectivity index (χ4v) is 2.69. The van der Waals surface area contributed by atoms with Gasteiger partial charge < -0.3 is 20.8 Å². The lowest BCUT2D eigenvalue weighted by Gasteiger charge is -2.23. The van der Waals surface area contributed by atoms with Gasteiger partial charge in [0, 0.05) is 6.42 Å². The lowest BCUT2D eigenvalue weighted by atomic mass is 10.0. The van der Waals surface area contributed by atoms with Gasteiger partial charge in [0.1, 0.15) is 17.9 Å². The molecule has 1 aromatic heterocycles. The second-order valence-electron chi connectivity index (χ2n) is 6.93. The van der Waals surface area contributed by atoms with E-state index in [-0.39, 0.29) is 18.1 Å². The molecule has 0 saturated heterocycles. The summed E-state index contributed by atoms with van der Waals surface area (Å²) in [6.45, 7) is 3.81. The van der Waals surface area contributed by atoms with Crippen molar-refractivity contribution in [2.75, 3.05) is 0 Å². The van der Waals surface area contributed by atoms with E-state index in [4.69, 9.17) is 10.2 Å². The minimum absolute atomic E-state index is 0.0827. The van der Waals surface area contributed by atoms with E-state index in [1.807, 2.05) is 13.8 Å². The fourth-order valence-electron chi connectivity index (χ4n) is 2.69. The normalized spacial score (nSPS) is 13.0. The van der Waals surface area contributed by atoms with Gasteiger partial charge in [-0.25, -0.2) is 4.39 Å². The Morgan fingerprint density at radius 1 is 1.07 bits per heavy atom. The van der Waals surface area contributed by atoms with Crippen LogP contribution in [0, 0.1) is 11.7 Å². The third kappa shape index (κ3) is 6.22. The number of primary amides is 1. The molecule has 7 nitrogen and oxygen atoms in total. The largest absolute Gasteiger partial charge is 0.459 e. The lowest BCUT2D eigenvalue weighted by Crippen LogP contribution is -2.54. The Morgan fingerprint density at radius 2 is 1.75 bits per heavy atom. The van der Waals surface area contributed by atoms with Gasteiger partial charge in [-0.2, -0.15) is 0 Å². The number of furan rings is 1. The zero-order valence-electron chi connectivity index (χ0n) is 15.8. The van der Waals surface area contributed by atoms with Crippen LogP contribution in [-0.2, 0) is 16.0 Å². The molecule has 8 heteroatoms. The molecule has 3 amide bonds. The first-order chi connectivity index (χ1) is 13.3. The number of amides is 3. The molecule has 1 aromatic carbocycles. The summed E-state index contributed by atoms with van der Waals surface area (Å²) < 4.78 is 18.1. The molecule has 1 heterocycles. The molecule has 0 saturated carbocycles. The molecule has 2 aromatic rings. The molecule has 0 aliphatic carbocycles. The Hall–Kier alpha value is -3.16. The van der Waals surface area contributed by atoms with Gasteiger partial charge in [0.15, 0.2) is 5.76 Å². The Morgan fingerprint density at radius 3 is 2.29 bits per heavy atom. The second kappa shape index (κ2) is 9.68. The molecule has 4 N–H and O–H groups in total. The van der Waals surface area contributed by atoms with Crippen molar-refractivity contribution in [3.63, 3.8) is 0 Å². The first-order valence-corrected chi connectivity index (χ1v) is 8.94. The van der Waals surface area contributed by atoms with Crippen molar-refractivity contribution in [3.05, 3.63) is 59.8 Å². The molecule has 0 aliphatic heterocycles. The van der Waals surface area contributed by atoms with Gasteiger partial charge in [-0.1, -0.05) is 26.0 Å². The molecule has 150 valence electrons. The van der Waals surface area contributed by atoms with Gasteiger partial charge >= 0.3 is 0 Å². The van der Waals surface area contributed by atoms with Crippen LogP contribution in [0.25, 0.3) is 0 Å². The maximum absolute atomic E-state index is 13.0. The molecule has 0 bridgehead atoms. The maximum atomic E-state index is 13.0. The van der Waals surface area contributed by atoms with E-state index in [2.05, 4.69) is 10.6 Å². The number of benzene rings is 1. The topological polar surface area (TPSA) is 114 Å². The summed E-state index contributed by atoms with van der Waals surface area (Å²) in [5, 5.41) is 5.20. The highest BCUT2D eigenvalue weighted by atomic mass is 19.1. The third-order valence-electron chi connectivity index (χ3n) is 4.09. The molecule has 28 heavy (non-hydrogen) atoms. The first-order valence-electron chi connectivity index (χ1n) is 8.94. The van der Waals surface area contributed by atoms with Gasteiger partial charge in [-0.3, -0.25) is 14.4 Å². The number of hydrogen-bond acceptors (Lipinski definition) is 4. The van der Waals surface area contributed by atoms with Crippen molar-refractivity contribution in [2.24, 2.45) is 11.7 Å². The van der Waals surface area contributed by atoms with E-state index in [1.165, 1.54) is 36.6 Å². The van der Waals surface area contributed by atoms with Crippen LogP contribution in [0.5, 0.6) is 0 Å². The number of nitrogens with one attached hydrogen (secondary N) is 2. The van der Waals surface area contributed by atoms with Crippen LogP contribution in [0.1, 0.15) is 36.4 Å². The van der Waals surface area contributed by atoms with Gasteiger partial charge in [-0.05, 0) is 42.2 Å². The highest BCUT2D eigenvalue weighted by molar-refractivity contribution is 5.96. The van der Waals surface area contributed by atoms with Crippen molar-refractivity contribution >= 4 is 17.7 Å². The molecule has 2 atom stereocenters. The van der Waals surface area contributed by atoms with E-state index in [9.17, 15) is 18.8 Å². The molecular formula is C20H24FN3O4. The monoisotopic (exact) mass is 389 g/mol. The average molecular weight is 389 g/mol. The van der Waals surface area contributed by atoms with Crippen molar-refractivity contribution in [1.82, 2.24) is 10.6 Å².